The molecule has 3 nitrogen and oxygen atoms in total. The Kier molecular flexibility index (Phi) is 3.51. The van der Waals surface area contributed by atoms with Crippen molar-refractivity contribution in [1.82, 2.24) is 4.90 Å². The van der Waals surface area contributed by atoms with Crippen LogP contribution in [0.2, 0.25) is 0 Å². The molecule has 0 aliphatic carbocycles. The molecule has 1 fully saturated rings. The van der Waals surface area contributed by atoms with Crippen LogP contribution in [-0.2, 0) is 4.74 Å². The molecule has 12 heavy (non-hydrogen) atoms. The van der Waals surface area contributed by atoms with Crippen molar-refractivity contribution in [3.63, 3.8) is 0 Å². The van der Waals surface area contributed by atoms with Crippen molar-refractivity contribution in [2.24, 2.45) is 5.92 Å². The van der Waals surface area contributed by atoms with Gasteiger partial charge in [0.2, 0.25) is 0 Å². The molecule has 0 radical (unpaired) electrons. The standard InChI is InChI=1S/C9H16N2O/c1-8(5-10)11-4-3-9(6-11)7-12-2/h8-9H,3-4,6-7H2,1-2H3. The maximum absolute atomic E-state index is 8.69. The Morgan fingerprint density at radius 3 is 3.08 bits per heavy atom. The Balaban J connectivity index is 2.31. The van der Waals surface area contributed by atoms with Gasteiger partial charge in [-0.05, 0) is 25.8 Å². The fourth-order valence-electron chi connectivity index (χ4n) is 1.67. The second-order valence-corrected chi connectivity index (χ2v) is 3.41. The summed E-state index contributed by atoms with van der Waals surface area (Å²) in [6.45, 7) is 4.84. The third kappa shape index (κ3) is 2.20. The van der Waals surface area contributed by atoms with Gasteiger partial charge >= 0.3 is 0 Å². The van der Waals surface area contributed by atoms with Gasteiger partial charge in [0.25, 0.3) is 0 Å². The maximum Gasteiger partial charge on any atom is 0.0949 e. The number of rotatable bonds is 3. The minimum Gasteiger partial charge on any atom is -0.384 e. The molecule has 2 atom stereocenters. The van der Waals surface area contributed by atoms with Crippen LogP contribution in [0.25, 0.3) is 0 Å². The molecule has 0 N–H and O–H groups in total. The summed E-state index contributed by atoms with van der Waals surface area (Å²) < 4.78 is 5.08. The van der Waals surface area contributed by atoms with Crippen LogP contribution in [-0.4, -0.2) is 37.7 Å². The molecule has 1 saturated heterocycles. The van der Waals surface area contributed by atoms with Crippen molar-refractivity contribution in [1.29, 1.82) is 5.26 Å². The van der Waals surface area contributed by atoms with E-state index >= 15 is 0 Å². The summed E-state index contributed by atoms with van der Waals surface area (Å²) in [4.78, 5) is 2.21. The van der Waals surface area contributed by atoms with Gasteiger partial charge in [-0.2, -0.15) is 5.26 Å². The SMILES string of the molecule is COCC1CCN(C(C)C#N)C1. The molecule has 1 aliphatic heterocycles. The molecule has 0 aromatic heterocycles. The first-order valence-corrected chi connectivity index (χ1v) is 4.40. The van der Waals surface area contributed by atoms with Crippen LogP contribution < -0.4 is 0 Å². The summed E-state index contributed by atoms with van der Waals surface area (Å²) in [5.74, 6) is 0.630. The van der Waals surface area contributed by atoms with Crippen molar-refractivity contribution in [2.45, 2.75) is 19.4 Å². The van der Waals surface area contributed by atoms with E-state index < -0.39 is 0 Å². The number of nitrogens with zero attached hydrogens (tertiary/aromatic N) is 2. The van der Waals surface area contributed by atoms with E-state index in [0.29, 0.717) is 5.92 Å². The van der Waals surface area contributed by atoms with Crippen LogP contribution in [0.4, 0.5) is 0 Å². The van der Waals surface area contributed by atoms with Crippen molar-refractivity contribution in [3.05, 3.63) is 0 Å². The topological polar surface area (TPSA) is 36.3 Å². The van der Waals surface area contributed by atoms with E-state index in [1.807, 2.05) is 6.92 Å². The number of hydrogen-bond donors (Lipinski definition) is 0. The Labute approximate surface area is 73.9 Å². The Bertz CT molecular complexity index is 176. The summed E-state index contributed by atoms with van der Waals surface area (Å²) in [5, 5.41) is 8.69. The first-order valence-electron chi connectivity index (χ1n) is 4.40. The van der Waals surface area contributed by atoms with Gasteiger partial charge in [0, 0.05) is 13.7 Å². The predicted octanol–water partition coefficient (Wildman–Crippen LogP) is 0.867. The minimum atomic E-state index is 0.0619. The molecule has 1 heterocycles. The van der Waals surface area contributed by atoms with Crippen LogP contribution in [0.15, 0.2) is 0 Å². The van der Waals surface area contributed by atoms with E-state index in [1.165, 1.54) is 6.42 Å². The van der Waals surface area contributed by atoms with Gasteiger partial charge in [-0.1, -0.05) is 0 Å². The fourth-order valence-corrected chi connectivity index (χ4v) is 1.67. The van der Waals surface area contributed by atoms with Gasteiger partial charge in [-0.25, -0.2) is 0 Å². The number of ether oxygens (including phenoxy) is 1. The molecule has 1 rings (SSSR count). The molecule has 68 valence electrons. The molecule has 2 unspecified atom stereocenters. The maximum atomic E-state index is 8.69. The van der Waals surface area contributed by atoms with Crippen LogP contribution in [0.1, 0.15) is 13.3 Å². The third-order valence-corrected chi connectivity index (χ3v) is 2.45. The molecule has 0 aromatic rings. The summed E-state index contributed by atoms with van der Waals surface area (Å²) in [6, 6.07) is 2.32. The van der Waals surface area contributed by atoms with Crippen molar-refractivity contribution in [3.8, 4) is 6.07 Å². The van der Waals surface area contributed by atoms with Gasteiger partial charge in [0.05, 0.1) is 18.7 Å². The zero-order valence-electron chi connectivity index (χ0n) is 7.79. The molecular weight excluding hydrogens is 152 g/mol. The van der Waals surface area contributed by atoms with Crippen molar-refractivity contribution in [2.75, 3.05) is 26.8 Å². The van der Waals surface area contributed by atoms with Crippen LogP contribution in [0.3, 0.4) is 0 Å². The van der Waals surface area contributed by atoms with E-state index in [2.05, 4.69) is 11.0 Å². The lowest BCUT2D eigenvalue weighted by atomic mass is 10.1. The van der Waals surface area contributed by atoms with Crippen LogP contribution >= 0.6 is 0 Å². The Morgan fingerprint density at radius 2 is 2.50 bits per heavy atom. The second-order valence-electron chi connectivity index (χ2n) is 3.41. The van der Waals surface area contributed by atoms with Crippen LogP contribution in [0.5, 0.6) is 0 Å². The van der Waals surface area contributed by atoms with E-state index in [-0.39, 0.29) is 6.04 Å². The normalized spacial score (nSPS) is 26.9. The number of nitriles is 1. The number of likely N-dealkylation sites (tertiary alicyclic amines) is 1. The molecule has 0 amide bonds. The van der Waals surface area contributed by atoms with E-state index in [0.717, 1.165) is 19.7 Å². The molecule has 0 bridgehead atoms. The Hall–Kier alpha value is -0.590. The van der Waals surface area contributed by atoms with Crippen LogP contribution in [0, 0.1) is 17.2 Å². The highest BCUT2D eigenvalue weighted by Crippen LogP contribution is 2.18. The molecule has 0 aromatic carbocycles. The average molecular weight is 168 g/mol. The summed E-state index contributed by atoms with van der Waals surface area (Å²) >= 11 is 0. The first kappa shape index (κ1) is 9.50. The highest BCUT2D eigenvalue weighted by atomic mass is 16.5. The number of hydrogen-bond acceptors (Lipinski definition) is 3. The molecular formula is C9H16N2O. The fraction of sp³-hybridized carbons (Fsp3) is 0.889. The average Bonchev–Trinajstić information content (AvgIpc) is 2.52. The van der Waals surface area contributed by atoms with E-state index in [1.54, 1.807) is 7.11 Å². The monoisotopic (exact) mass is 168 g/mol. The van der Waals surface area contributed by atoms with Gasteiger partial charge < -0.3 is 4.74 Å². The van der Waals surface area contributed by atoms with E-state index in [4.69, 9.17) is 10.00 Å². The molecule has 3 heteroatoms. The predicted molar refractivity (Wildman–Crippen MR) is 46.6 cm³/mol. The van der Waals surface area contributed by atoms with Gasteiger partial charge in [0.15, 0.2) is 0 Å². The van der Waals surface area contributed by atoms with E-state index in [9.17, 15) is 0 Å². The van der Waals surface area contributed by atoms with Crippen molar-refractivity contribution >= 4 is 0 Å². The summed E-state index contributed by atoms with van der Waals surface area (Å²) in [7, 11) is 1.73. The second kappa shape index (κ2) is 4.44. The molecule has 0 saturated carbocycles. The highest BCUT2D eigenvalue weighted by Gasteiger charge is 2.25. The lowest BCUT2D eigenvalue weighted by Crippen LogP contribution is -2.30. The quantitative estimate of drug-likeness (QED) is 0.627. The lowest BCUT2D eigenvalue weighted by molar-refractivity contribution is 0.151. The van der Waals surface area contributed by atoms with Gasteiger partial charge in [-0.3, -0.25) is 4.90 Å². The van der Waals surface area contributed by atoms with Crippen molar-refractivity contribution < 1.29 is 4.74 Å². The molecule has 1 aliphatic rings. The van der Waals surface area contributed by atoms with Gasteiger partial charge in [0.1, 0.15) is 0 Å². The zero-order chi connectivity index (χ0) is 8.97. The summed E-state index contributed by atoms with van der Waals surface area (Å²) in [5.41, 5.74) is 0. The lowest BCUT2D eigenvalue weighted by Gasteiger charge is -2.17. The summed E-state index contributed by atoms with van der Waals surface area (Å²) in [6.07, 6.45) is 1.17. The third-order valence-electron chi connectivity index (χ3n) is 2.45. The first-order chi connectivity index (χ1) is 5.77. The minimum absolute atomic E-state index is 0.0619. The zero-order valence-corrected chi connectivity index (χ0v) is 7.79. The van der Waals surface area contributed by atoms with Gasteiger partial charge in [-0.15, -0.1) is 0 Å². The highest BCUT2D eigenvalue weighted by molar-refractivity contribution is 4.91. The smallest absolute Gasteiger partial charge is 0.0949 e. The largest absolute Gasteiger partial charge is 0.384 e. The Morgan fingerprint density at radius 1 is 1.75 bits per heavy atom. The number of methoxy groups -OCH3 is 1. The molecule has 0 spiro atoms.